The topological polar surface area (TPSA) is 76.4 Å². The molecule has 90 valence electrons. The highest BCUT2D eigenvalue weighted by Gasteiger charge is 2.42. The van der Waals surface area contributed by atoms with Gasteiger partial charge in [0, 0.05) is 6.92 Å². The zero-order valence-electron chi connectivity index (χ0n) is 10.1. The molecule has 0 amide bonds. The first-order valence-electron chi connectivity index (χ1n) is 5.01. The number of ether oxygens (including phenoxy) is 2. The molecule has 0 bridgehead atoms. The second-order valence-electron chi connectivity index (χ2n) is 4.06. The van der Waals surface area contributed by atoms with E-state index >= 15 is 0 Å². The number of carbonyl (C=O) groups excluding carboxylic acids is 2. The van der Waals surface area contributed by atoms with Gasteiger partial charge >= 0.3 is 11.9 Å². The summed E-state index contributed by atoms with van der Waals surface area (Å²) >= 11 is 0. The van der Waals surface area contributed by atoms with Gasteiger partial charge in [-0.15, -0.1) is 0 Å². The second-order valence-corrected chi connectivity index (χ2v) is 4.06. The third kappa shape index (κ3) is 3.89. The number of nitrogens with zero attached hydrogens (tertiary/aromatic N) is 1. The first-order chi connectivity index (χ1) is 7.38. The molecule has 0 aromatic rings. The van der Waals surface area contributed by atoms with Gasteiger partial charge in [0.05, 0.1) is 13.2 Å². The Morgan fingerprint density at radius 1 is 1.44 bits per heavy atom. The smallest absolute Gasteiger partial charge is 0.329 e. The molecule has 1 atom stereocenters. The van der Waals surface area contributed by atoms with Crippen molar-refractivity contribution in [3.63, 3.8) is 0 Å². The van der Waals surface area contributed by atoms with Crippen molar-refractivity contribution in [3.8, 4) is 6.07 Å². The number of esters is 2. The van der Waals surface area contributed by atoms with Crippen LogP contribution in [0.15, 0.2) is 0 Å². The molecule has 0 aliphatic rings. The molecule has 0 N–H and O–H groups in total. The minimum absolute atomic E-state index is 0.120. The maximum atomic E-state index is 11.6. The molecule has 0 aliphatic carbocycles. The molecule has 0 heterocycles. The van der Waals surface area contributed by atoms with E-state index in [4.69, 9.17) is 10.00 Å². The normalized spacial score (nSPS) is 13.8. The van der Waals surface area contributed by atoms with Gasteiger partial charge in [0.2, 0.25) is 0 Å². The van der Waals surface area contributed by atoms with E-state index in [1.54, 1.807) is 0 Å². The van der Waals surface area contributed by atoms with E-state index in [9.17, 15) is 9.59 Å². The van der Waals surface area contributed by atoms with Gasteiger partial charge in [-0.05, 0) is 12.3 Å². The third-order valence-corrected chi connectivity index (χ3v) is 2.07. The van der Waals surface area contributed by atoms with E-state index in [-0.39, 0.29) is 12.5 Å². The Hall–Kier alpha value is -1.57. The van der Waals surface area contributed by atoms with E-state index in [0.717, 1.165) is 0 Å². The van der Waals surface area contributed by atoms with Crippen molar-refractivity contribution in [2.45, 2.75) is 27.2 Å². The zero-order valence-corrected chi connectivity index (χ0v) is 10.1. The maximum Gasteiger partial charge on any atom is 0.329 e. The molecular formula is C11H17NO4. The summed E-state index contributed by atoms with van der Waals surface area (Å²) in [6.45, 7) is 4.73. The van der Waals surface area contributed by atoms with Crippen molar-refractivity contribution < 1.29 is 19.1 Å². The van der Waals surface area contributed by atoms with Gasteiger partial charge in [-0.3, -0.25) is 9.59 Å². The molecule has 0 rings (SSSR count). The van der Waals surface area contributed by atoms with Crippen molar-refractivity contribution in [1.82, 2.24) is 0 Å². The summed E-state index contributed by atoms with van der Waals surface area (Å²) in [7, 11) is 1.21. The number of hydrogen-bond donors (Lipinski definition) is 0. The summed E-state index contributed by atoms with van der Waals surface area (Å²) in [6, 6.07) is 1.90. The Labute approximate surface area is 95.3 Å². The molecular weight excluding hydrogens is 210 g/mol. The number of carbonyl (C=O) groups is 2. The summed E-state index contributed by atoms with van der Waals surface area (Å²) in [5.74, 6) is -1.06. The lowest BCUT2D eigenvalue weighted by Crippen LogP contribution is -2.37. The van der Waals surface area contributed by atoms with Crippen LogP contribution in [0.25, 0.3) is 0 Å². The Kier molecular flexibility index (Phi) is 5.51. The standard InChI is InChI=1S/C11H17NO4/c1-8(2)5-11(6-12,10(14)15-4)7-16-9(3)13/h8H,5,7H2,1-4H3. The first-order valence-corrected chi connectivity index (χ1v) is 5.01. The minimum atomic E-state index is -1.39. The van der Waals surface area contributed by atoms with Crippen LogP contribution in [0.3, 0.4) is 0 Å². The Morgan fingerprint density at radius 2 is 2.00 bits per heavy atom. The van der Waals surface area contributed by atoms with E-state index in [2.05, 4.69) is 4.74 Å². The lowest BCUT2D eigenvalue weighted by atomic mass is 9.82. The number of methoxy groups -OCH3 is 1. The fraction of sp³-hybridized carbons (Fsp3) is 0.727. The minimum Gasteiger partial charge on any atom is -0.468 e. The average Bonchev–Trinajstić information content (AvgIpc) is 2.22. The zero-order chi connectivity index (χ0) is 12.8. The van der Waals surface area contributed by atoms with Crippen molar-refractivity contribution in [1.29, 1.82) is 5.26 Å². The molecule has 0 fully saturated rings. The molecule has 0 aromatic heterocycles. The van der Waals surface area contributed by atoms with Crippen molar-refractivity contribution >= 4 is 11.9 Å². The number of nitriles is 1. The van der Waals surface area contributed by atoms with Gasteiger partial charge < -0.3 is 9.47 Å². The van der Waals surface area contributed by atoms with Gasteiger partial charge in [0.25, 0.3) is 0 Å². The summed E-state index contributed by atoms with van der Waals surface area (Å²) < 4.78 is 9.35. The summed E-state index contributed by atoms with van der Waals surface area (Å²) in [4.78, 5) is 22.3. The van der Waals surface area contributed by atoms with Crippen LogP contribution in [0.2, 0.25) is 0 Å². The molecule has 0 saturated heterocycles. The van der Waals surface area contributed by atoms with Gasteiger partial charge in [-0.2, -0.15) is 5.26 Å². The number of rotatable bonds is 5. The maximum absolute atomic E-state index is 11.6. The average molecular weight is 227 g/mol. The van der Waals surface area contributed by atoms with Crippen LogP contribution in [0.5, 0.6) is 0 Å². The van der Waals surface area contributed by atoms with Gasteiger partial charge in [0.1, 0.15) is 6.61 Å². The molecule has 16 heavy (non-hydrogen) atoms. The lowest BCUT2D eigenvalue weighted by Gasteiger charge is -2.24. The molecule has 0 saturated carbocycles. The molecule has 5 heteroatoms. The third-order valence-electron chi connectivity index (χ3n) is 2.07. The van der Waals surface area contributed by atoms with Crippen molar-refractivity contribution in [2.75, 3.05) is 13.7 Å². The fourth-order valence-corrected chi connectivity index (χ4v) is 1.44. The molecule has 0 aromatic carbocycles. The predicted octanol–water partition coefficient (Wildman–Crippen LogP) is 1.28. The van der Waals surface area contributed by atoms with E-state index in [1.807, 2.05) is 19.9 Å². The van der Waals surface area contributed by atoms with E-state index in [1.165, 1.54) is 14.0 Å². The fourth-order valence-electron chi connectivity index (χ4n) is 1.44. The highest BCUT2D eigenvalue weighted by Crippen LogP contribution is 2.28. The van der Waals surface area contributed by atoms with Crippen molar-refractivity contribution in [3.05, 3.63) is 0 Å². The molecule has 5 nitrogen and oxygen atoms in total. The summed E-state index contributed by atoms with van der Waals surface area (Å²) in [5, 5.41) is 9.10. The van der Waals surface area contributed by atoms with Crippen molar-refractivity contribution in [2.24, 2.45) is 11.3 Å². The molecule has 0 aliphatic heterocycles. The molecule has 0 spiro atoms. The van der Waals surface area contributed by atoms with Crippen LogP contribution in [0.4, 0.5) is 0 Å². The predicted molar refractivity (Wildman–Crippen MR) is 56.2 cm³/mol. The highest BCUT2D eigenvalue weighted by atomic mass is 16.5. The Balaban J connectivity index is 4.90. The second kappa shape index (κ2) is 6.11. The van der Waals surface area contributed by atoms with Crippen LogP contribution in [0.1, 0.15) is 27.2 Å². The SMILES string of the molecule is COC(=O)C(C#N)(COC(C)=O)CC(C)C. The molecule has 1 unspecified atom stereocenters. The van der Waals surface area contributed by atoms with Crippen LogP contribution >= 0.6 is 0 Å². The Morgan fingerprint density at radius 3 is 2.31 bits per heavy atom. The Bertz CT molecular complexity index is 306. The van der Waals surface area contributed by atoms with Crippen LogP contribution in [-0.4, -0.2) is 25.7 Å². The highest BCUT2D eigenvalue weighted by molar-refractivity contribution is 5.80. The van der Waals surface area contributed by atoms with Crippen LogP contribution in [-0.2, 0) is 19.1 Å². The van der Waals surface area contributed by atoms with Gasteiger partial charge in [-0.1, -0.05) is 13.8 Å². The van der Waals surface area contributed by atoms with Crippen LogP contribution in [0, 0.1) is 22.7 Å². The monoisotopic (exact) mass is 227 g/mol. The van der Waals surface area contributed by atoms with Gasteiger partial charge in [0.15, 0.2) is 5.41 Å². The van der Waals surface area contributed by atoms with Crippen LogP contribution < -0.4 is 0 Å². The quantitative estimate of drug-likeness (QED) is 0.661. The van der Waals surface area contributed by atoms with Gasteiger partial charge in [-0.25, -0.2) is 0 Å². The van der Waals surface area contributed by atoms with E-state index < -0.39 is 17.4 Å². The molecule has 0 radical (unpaired) electrons. The first kappa shape index (κ1) is 14.4. The van der Waals surface area contributed by atoms with E-state index in [0.29, 0.717) is 6.42 Å². The number of hydrogen-bond acceptors (Lipinski definition) is 5. The largest absolute Gasteiger partial charge is 0.468 e. The summed E-state index contributed by atoms with van der Waals surface area (Å²) in [6.07, 6.45) is 0.295. The lowest BCUT2D eigenvalue weighted by molar-refractivity contribution is -0.157. The summed E-state index contributed by atoms with van der Waals surface area (Å²) in [5.41, 5.74) is -1.39.